The maximum atomic E-state index is 12.5. The van der Waals surface area contributed by atoms with Crippen molar-refractivity contribution >= 4 is 35.8 Å². The van der Waals surface area contributed by atoms with Gasteiger partial charge in [0.15, 0.2) is 12.2 Å². The third-order valence-corrected chi connectivity index (χ3v) is 5.76. The molecule has 0 aliphatic rings. The lowest BCUT2D eigenvalue weighted by atomic mass is 10.1. The zero-order chi connectivity index (χ0) is 28.7. The average molecular weight is 539 g/mol. The molecule has 1 aromatic rings. The number of aliphatic hydroxyl groups is 2. The summed E-state index contributed by atoms with van der Waals surface area (Å²) in [5, 5.41) is 39.5. The molecule has 1 heterocycles. The SMILES string of the molecule is C/C=c1/cc(CN(C)NC)n(CCC(=O)NCCNC(=O)C(O)C(O)C(=O)NCCC(=O)O)/c1=C/CCC. The first-order valence-electron chi connectivity index (χ1n) is 12.7. The highest BCUT2D eigenvalue weighted by molar-refractivity contribution is 5.90. The standard InChI is InChI=1S/C25H42N6O7/c1-5-7-8-19-17(6-2)15-18(16-30(4)26-3)31(19)14-10-20(32)27-12-13-29-25(38)23(36)22(35)24(37)28-11-9-21(33)34/h6,8,15,22-23,26,35-36H,5,7,9-14,16H2,1-4H3,(H,27,32)(H,28,37)(H,29,38)(H,33,34)/b17-6-,19-8+. The number of nitrogens with zero attached hydrogens (tertiary/aromatic N) is 2. The molecule has 0 aliphatic heterocycles. The van der Waals surface area contributed by atoms with Crippen molar-refractivity contribution in [1.29, 1.82) is 0 Å². The Morgan fingerprint density at radius 2 is 1.63 bits per heavy atom. The van der Waals surface area contributed by atoms with E-state index < -0.39 is 30.0 Å². The maximum absolute atomic E-state index is 12.5. The van der Waals surface area contributed by atoms with Gasteiger partial charge in [0, 0.05) is 50.7 Å². The van der Waals surface area contributed by atoms with Crippen LogP contribution in [0, 0.1) is 0 Å². The van der Waals surface area contributed by atoms with Crippen molar-refractivity contribution in [2.45, 2.75) is 64.8 Å². The number of aromatic nitrogens is 1. The largest absolute Gasteiger partial charge is 0.481 e. The molecule has 13 heteroatoms. The Morgan fingerprint density at radius 1 is 1.03 bits per heavy atom. The van der Waals surface area contributed by atoms with Crippen LogP contribution in [0.15, 0.2) is 6.07 Å². The van der Waals surface area contributed by atoms with E-state index in [2.05, 4.69) is 51.1 Å². The van der Waals surface area contributed by atoms with E-state index in [0.29, 0.717) is 13.1 Å². The fourth-order valence-electron chi connectivity index (χ4n) is 3.58. The number of aliphatic carboxylic acids is 1. The molecule has 0 spiro atoms. The summed E-state index contributed by atoms with van der Waals surface area (Å²) in [5.74, 6) is -3.42. The molecule has 2 unspecified atom stereocenters. The number of carbonyl (C=O) groups is 4. The van der Waals surface area contributed by atoms with Gasteiger partial charge in [-0.2, -0.15) is 0 Å². The van der Waals surface area contributed by atoms with Gasteiger partial charge < -0.3 is 35.8 Å². The number of nitrogens with one attached hydrogen (secondary N) is 4. The fraction of sp³-hybridized carbons (Fsp3) is 0.600. The van der Waals surface area contributed by atoms with E-state index in [0.717, 1.165) is 29.1 Å². The van der Waals surface area contributed by atoms with Crippen molar-refractivity contribution in [1.82, 2.24) is 31.0 Å². The minimum atomic E-state index is -2.06. The third kappa shape index (κ3) is 11.0. The first-order valence-corrected chi connectivity index (χ1v) is 12.7. The summed E-state index contributed by atoms with van der Waals surface area (Å²) < 4.78 is 2.14. The zero-order valence-electron chi connectivity index (χ0n) is 22.6. The number of unbranched alkanes of at least 4 members (excludes halogenated alkanes) is 1. The summed E-state index contributed by atoms with van der Waals surface area (Å²) in [7, 11) is 3.78. The molecular formula is C25H42N6O7. The molecule has 214 valence electrons. The normalized spacial score (nSPS) is 13.9. The highest BCUT2D eigenvalue weighted by Gasteiger charge is 2.29. The minimum Gasteiger partial charge on any atom is -0.481 e. The third-order valence-electron chi connectivity index (χ3n) is 5.76. The Balaban J connectivity index is 2.61. The van der Waals surface area contributed by atoms with Gasteiger partial charge in [-0.15, -0.1) is 0 Å². The molecule has 0 radical (unpaired) electrons. The van der Waals surface area contributed by atoms with Crippen LogP contribution in [0.3, 0.4) is 0 Å². The second-order valence-electron chi connectivity index (χ2n) is 8.70. The molecule has 0 aliphatic carbocycles. The Kier molecular flexibility index (Phi) is 14.9. The van der Waals surface area contributed by atoms with E-state index in [1.807, 2.05) is 26.0 Å². The number of aliphatic hydroxyl groups excluding tert-OH is 2. The number of amides is 3. The summed E-state index contributed by atoms with van der Waals surface area (Å²) in [5.41, 5.74) is 4.15. The Hall–Kier alpha value is -3.26. The van der Waals surface area contributed by atoms with Crippen molar-refractivity contribution in [2.24, 2.45) is 0 Å². The summed E-state index contributed by atoms with van der Waals surface area (Å²) in [6, 6.07) is 2.12. The topological polar surface area (TPSA) is 185 Å². The molecule has 1 rings (SSSR count). The fourth-order valence-corrected chi connectivity index (χ4v) is 3.58. The van der Waals surface area contributed by atoms with Gasteiger partial charge >= 0.3 is 5.97 Å². The molecule has 0 bridgehead atoms. The predicted octanol–water partition coefficient (Wildman–Crippen LogP) is -2.63. The lowest BCUT2D eigenvalue weighted by molar-refractivity contribution is -0.146. The van der Waals surface area contributed by atoms with Crippen LogP contribution in [0.1, 0.15) is 45.2 Å². The summed E-state index contributed by atoms with van der Waals surface area (Å²) >= 11 is 0. The van der Waals surface area contributed by atoms with Gasteiger partial charge in [0.2, 0.25) is 5.91 Å². The minimum absolute atomic E-state index is 0.0266. The van der Waals surface area contributed by atoms with E-state index in [1.165, 1.54) is 0 Å². The van der Waals surface area contributed by atoms with Crippen molar-refractivity contribution < 1.29 is 34.5 Å². The monoisotopic (exact) mass is 538 g/mol. The Bertz CT molecular complexity index is 1060. The molecule has 0 saturated heterocycles. The molecule has 1 aromatic heterocycles. The number of hydrogen-bond acceptors (Lipinski definition) is 8. The van der Waals surface area contributed by atoms with E-state index in [-0.39, 0.29) is 38.4 Å². The van der Waals surface area contributed by atoms with Gasteiger partial charge in [0.05, 0.1) is 13.0 Å². The molecule has 13 nitrogen and oxygen atoms in total. The van der Waals surface area contributed by atoms with Crippen LogP contribution in [0.5, 0.6) is 0 Å². The van der Waals surface area contributed by atoms with Crippen LogP contribution in [-0.2, 0) is 32.3 Å². The molecule has 38 heavy (non-hydrogen) atoms. The number of hydrazine groups is 1. The molecule has 3 amide bonds. The molecule has 0 saturated carbocycles. The van der Waals surface area contributed by atoms with Crippen LogP contribution >= 0.6 is 0 Å². The predicted molar refractivity (Wildman–Crippen MR) is 142 cm³/mol. The van der Waals surface area contributed by atoms with Crippen molar-refractivity contribution in [3.63, 3.8) is 0 Å². The quantitative estimate of drug-likeness (QED) is 0.0823. The van der Waals surface area contributed by atoms with Crippen LogP contribution in [-0.4, -0.2) is 94.5 Å². The van der Waals surface area contributed by atoms with Gasteiger partial charge in [0.25, 0.3) is 11.8 Å². The smallest absolute Gasteiger partial charge is 0.305 e. The molecular weight excluding hydrogens is 496 g/mol. The van der Waals surface area contributed by atoms with E-state index in [9.17, 15) is 29.4 Å². The van der Waals surface area contributed by atoms with Gasteiger partial charge in [-0.3, -0.25) is 24.6 Å². The van der Waals surface area contributed by atoms with Crippen molar-refractivity contribution in [3.05, 3.63) is 22.3 Å². The number of carboxylic acids is 1. The number of hydrogen-bond donors (Lipinski definition) is 7. The second-order valence-corrected chi connectivity index (χ2v) is 8.70. The highest BCUT2D eigenvalue weighted by Crippen LogP contribution is 2.01. The maximum Gasteiger partial charge on any atom is 0.305 e. The summed E-state index contributed by atoms with van der Waals surface area (Å²) in [6.45, 7) is 5.02. The van der Waals surface area contributed by atoms with Crippen LogP contribution < -0.4 is 31.9 Å². The number of carbonyl (C=O) groups excluding carboxylic acids is 3. The number of carboxylic acid groups (broad SMARTS) is 1. The Labute approximate surface area is 222 Å². The van der Waals surface area contributed by atoms with E-state index >= 15 is 0 Å². The molecule has 2 atom stereocenters. The van der Waals surface area contributed by atoms with Crippen LogP contribution in [0.25, 0.3) is 12.2 Å². The van der Waals surface area contributed by atoms with Crippen LogP contribution in [0.4, 0.5) is 0 Å². The van der Waals surface area contributed by atoms with E-state index in [4.69, 9.17) is 5.11 Å². The van der Waals surface area contributed by atoms with Gasteiger partial charge in [0.1, 0.15) is 0 Å². The first-order chi connectivity index (χ1) is 18.0. The lowest BCUT2D eigenvalue weighted by Gasteiger charge is -2.18. The lowest BCUT2D eigenvalue weighted by Crippen LogP contribution is -2.50. The van der Waals surface area contributed by atoms with Crippen LogP contribution in [0.2, 0.25) is 0 Å². The average Bonchev–Trinajstić information content (AvgIpc) is 3.22. The Morgan fingerprint density at radius 3 is 2.18 bits per heavy atom. The first kappa shape index (κ1) is 32.8. The molecule has 0 aromatic carbocycles. The highest BCUT2D eigenvalue weighted by atomic mass is 16.4. The second kappa shape index (κ2) is 17.3. The van der Waals surface area contributed by atoms with Crippen molar-refractivity contribution in [2.75, 3.05) is 33.7 Å². The molecule has 7 N–H and O–H groups in total. The van der Waals surface area contributed by atoms with Gasteiger partial charge in [-0.05, 0) is 31.7 Å². The molecule has 0 fully saturated rings. The van der Waals surface area contributed by atoms with Crippen molar-refractivity contribution in [3.8, 4) is 0 Å². The van der Waals surface area contributed by atoms with Gasteiger partial charge in [-0.1, -0.05) is 25.5 Å². The van der Waals surface area contributed by atoms with E-state index in [1.54, 1.807) is 0 Å². The summed E-state index contributed by atoms with van der Waals surface area (Å²) in [4.78, 5) is 46.7. The summed E-state index contributed by atoms with van der Waals surface area (Å²) in [6.07, 6.45) is 1.91. The zero-order valence-corrected chi connectivity index (χ0v) is 22.6. The number of rotatable bonds is 17. The van der Waals surface area contributed by atoms with Gasteiger partial charge in [-0.25, -0.2) is 5.01 Å².